The van der Waals surface area contributed by atoms with E-state index in [-0.39, 0.29) is 18.0 Å². The molecule has 0 bridgehead atoms. The first-order chi connectivity index (χ1) is 15.1. The number of nitrogens with zero attached hydrogens (tertiary/aromatic N) is 1. The Morgan fingerprint density at radius 1 is 1.12 bits per heavy atom. The fourth-order valence-electron chi connectivity index (χ4n) is 2.58. The number of ether oxygens (including phenoxy) is 2. The van der Waals surface area contributed by atoms with Crippen LogP contribution in [0.1, 0.15) is 31.1 Å². The highest BCUT2D eigenvalue weighted by Crippen LogP contribution is 2.20. The van der Waals surface area contributed by atoms with Crippen LogP contribution in [0.3, 0.4) is 0 Å². The number of hydrogen-bond donors (Lipinski definition) is 0. The van der Waals surface area contributed by atoms with Gasteiger partial charge in [-0.15, -0.1) is 0 Å². The van der Waals surface area contributed by atoms with E-state index in [2.05, 4.69) is 16.6 Å². The van der Waals surface area contributed by atoms with Crippen molar-refractivity contribution in [3.8, 4) is 11.8 Å². The van der Waals surface area contributed by atoms with Crippen LogP contribution in [0.2, 0.25) is 5.02 Å². The van der Waals surface area contributed by atoms with Crippen LogP contribution in [0.5, 0.6) is 0 Å². The molecule has 6 nitrogen and oxygen atoms in total. The summed E-state index contributed by atoms with van der Waals surface area (Å²) in [4.78, 5) is 11.8. The van der Waals surface area contributed by atoms with Crippen LogP contribution < -0.4 is 0 Å². The Kier molecular flexibility index (Phi) is 9.33. The summed E-state index contributed by atoms with van der Waals surface area (Å²) in [6.45, 7) is 5.75. The number of sulfonamides is 1. The van der Waals surface area contributed by atoms with Crippen LogP contribution in [-0.2, 0) is 19.5 Å². The van der Waals surface area contributed by atoms with Crippen molar-refractivity contribution in [1.82, 2.24) is 4.31 Å². The van der Waals surface area contributed by atoms with Gasteiger partial charge in [0.1, 0.15) is 0 Å². The molecular formula is C24H26ClNO5S. The molecule has 0 aliphatic rings. The average molecular weight is 476 g/mol. The number of benzene rings is 2. The first-order valence-corrected chi connectivity index (χ1v) is 11.6. The van der Waals surface area contributed by atoms with Gasteiger partial charge >= 0.3 is 6.16 Å². The van der Waals surface area contributed by atoms with Crippen LogP contribution in [0.4, 0.5) is 4.79 Å². The summed E-state index contributed by atoms with van der Waals surface area (Å²) >= 11 is 5.93. The predicted molar refractivity (Wildman–Crippen MR) is 125 cm³/mol. The zero-order valence-electron chi connectivity index (χ0n) is 18.5. The highest BCUT2D eigenvalue weighted by molar-refractivity contribution is 7.89. The van der Waals surface area contributed by atoms with Crippen molar-refractivity contribution < 1.29 is 22.7 Å². The average Bonchev–Trinajstić information content (AvgIpc) is 2.75. The number of aryl methyl sites for hydroxylation is 1. The Labute approximate surface area is 194 Å². The summed E-state index contributed by atoms with van der Waals surface area (Å²) in [7, 11) is -2.57. The monoisotopic (exact) mass is 475 g/mol. The van der Waals surface area contributed by atoms with E-state index in [9.17, 15) is 13.2 Å². The number of carbonyl (C=O) groups excluding carboxylic acids is 1. The molecule has 170 valence electrons. The Hall–Kier alpha value is -2.79. The molecule has 2 aromatic carbocycles. The Balaban J connectivity index is 2.34. The normalized spacial score (nSPS) is 11.8. The number of hydrogen-bond acceptors (Lipinski definition) is 5. The third-order valence-corrected chi connectivity index (χ3v) is 6.48. The summed E-state index contributed by atoms with van der Waals surface area (Å²) in [5.41, 5.74) is 2.53. The van der Waals surface area contributed by atoms with E-state index in [0.29, 0.717) is 10.6 Å². The molecule has 0 aliphatic carbocycles. The fraction of sp³-hybridized carbons (Fsp3) is 0.292. The van der Waals surface area contributed by atoms with Gasteiger partial charge in [0, 0.05) is 17.1 Å². The molecule has 0 saturated carbocycles. The lowest BCUT2D eigenvalue weighted by molar-refractivity contribution is 0.0549. The maximum Gasteiger partial charge on any atom is 0.509 e. The van der Waals surface area contributed by atoms with Crippen LogP contribution in [-0.4, -0.2) is 39.1 Å². The second-order valence-electron chi connectivity index (χ2n) is 7.22. The summed E-state index contributed by atoms with van der Waals surface area (Å²) in [6, 6.07) is 13.3. The van der Waals surface area contributed by atoms with Gasteiger partial charge in [0.05, 0.1) is 18.6 Å². The molecule has 0 spiro atoms. The first-order valence-electron chi connectivity index (χ1n) is 9.82. The van der Waals surface area contributed by atoms with Gasteiger partial charge in [-0.1, -0.05) is 64.9 Å². The molecule has 1 unspecified atom stereocenters. The molecule has 0 aliphatic heterocycles. The summed E-state index contributed by atoms with van der Waals surface area (Å²) in [5.74, 6) is 5.67. The molecule has 0 radical (unpaired) electrons. The van der Waals surface area contributed by atoms with Crippen molar-refractivity contribution in [3.05, 3.63) is 76.3 Å². The second kappa shape index (κ2) is 11.7. The molecule has 0 aromatic heterocycles. The van der Waals surface area contributed by atoms with Gasteiger partial charge in [0.25, 0.3) is 0 Å². The van der Waals surface area contributed by atoms with E-state index in [4.69, 9.17) is 16.3 Å². The Morgan fingerprint density at radius 3 is 2.31 bits per heavy atom. The van der Waals surface area contributed by atoms with E-state index >= 15 is 0 Å². The first kappa shape index (κ1) is 25.5. The number of halogens is 1. The molecule has 32 heavy (non-hydrogen) atoms. The van der Waals surface area contributed by atoms with Gasteiger partial charge in [-0.25, -0.2) is 13.2 Å². The van der Waals surface area contributed by atoms with E-state index in [1.165, 1.54) is 11.4 Å². The molecule has 2 rings (SSSR count). The summed E-state index contributed by atoms with van der Waals surface area (Å²) in [6.07, 6.45) is -0.0188. The van der Waals surface area contributed by atoms with Crippen molar-refractivity contribution in [2.45, 2.75) is 31.8 Å². The number of allylic oxidation sites excluding steroid dienone is 1. The smallest absolute Gasteiger partial charge is 0.438 e. The highest BCUT2D eigenvalue weighted by Gasteiger charge is 2.23. The fourth-order valence-corrected chi connectivity index (χ4v) is 3.99. The lowest BCUT2D eigenvalue weighted by Crippen LogP contribution is -2.32. The second-order valence-corrected chi connectivity index (χ2v) is 9.59. The third-order valence-electron chi connectivity index (χ3n) is 4.40. The van der Waals surface area contributed by atoms with Crippen LogP contribution in [0, 0.1) is 18.8 Å². The Morgan fingerprint density at radius 2 is 1.75 bits per heavy atom. The SMILES string of the molecule is COC(=O)OC(C#CCN(CC=C(C)C)S(=O)(=O)c1ccc(C)cc1)c1ccc(Cl)cc1. The van der Waals surface area contributed by atoms with Gasteiger partial charge in [-0.3, -0.25) is 0 Å². The van der Waals surface area contributed by atoms with E-state index in [1.54, 1.807) is 48.5 Å². The van der Waals surface area contributed by atoms with Gasteiger partial charge in [-0.05, 0) is 45.0 Å². The van der Waals surface area contributed by atoms with Crippen LogP contribution in [0.25, 0.3) is 0 Å². The zero-order chi connectivity index (χ0) is 23.7. The molecule has 0 heterocycles. The molecule has 2 aromatic rings. The predicted octanol–water partition coefficient (Wildman–Crippen LogP) is 5.13. The lowest BCUT2D eigenvalue weighted by atomic mass is 10.1. The minimum atomic E-state index is -3.77. The molecule has 1 atom stereocenters. The van der Waals surface area contributed by atoms with Crippen molar-refractivity contribution in [3.63, 3.8) is 0 Å². The number of rotatable bonds is 7. The van der Waals surface area contributed by atoms with Crippen LogP contribution >= 0.6 is 11.6 Å². The van der Waals surface area contributed by atoms with Gasteiger partial charge in [0.2, 0.25) is 10.0 Å². The molecule has 0 N–H and O–H groups in total. The van der Waals surface area contributed by atoms with Crippen molar-refractivity contribution in [2.75, 3.05) is 20.2 Å². The van der Waals surface area contributed by atoms with Gasteiger partial charge in [-0.2, -0.15) is 4.31 Å². The van der Waals surface area contributed by atoms with E-state index in [0.717, 1.165) is 11.1 Å². The molecule has 0 fully saturated rings. The molecular weight excluding hydrogens is 450 g/mol. The quantitative estimate of drug-likeness (QED) is 0.315. The van der Waals surface area contributed by atoms with Crippen molar-refractivity contribution in [1.29, 1.82) is 0 Å². The lowest BCUT2D eigenvalue weighted by Gasteiger charge is -2.19. The van der Waals surface area contributed by atoms with E-state index in [1.807, 2.05) is 26.8 Å². The van der Waals surface area contributed by atoms with Crippen molar-refractivity contribution in [2.24, 2.45) is 0 Å². The maximum atomic E-state index is 13.2. The van der Waals surface area contributed by atoms with Crippen LogP contribution in [0.15, 0.2) is 65.1 Å². The number of methoxy groups -OCH3 is 1. The minimum Gasteiger partial charge on any atom is -0.438 e. The summed E-state index contributed by atoms with van der Waals surface area (Å²) < 4.78 is 37.4. The molecule has 0 saturated heterocycles. The zero-order valence-corrected chi connectivity index (χ0v) is 20.0. The highest BCUT2D eigenvalue weighted by atomic mass is 35.5. The van der Waals surface area contributed by atoms with Crippen molar-refractivity contribution >= 4 is 27.8 Å². The Bertz CT molecular complexity index is 1110. The number of carbonyl (C=O) groups is 1. The molecule has 8 heteroatoms. The minimum absolute atomic E-state index is 0.0887. The third kappa shape index (κ3) is 7.41. The molecule has 0 amide bonds. The standard InChI is InChI=1S/C24H26ClNO5S/c1-18(2)15-17-26(32(28,29)22-13-7-19(3)8-14-22)16-5-6-23(31-24(27)30-4)20-9-11-21(25)12-10-20/h7-15,23H,16-17H2,1-4H3. The van der Waals surface area contributed by atoms with Gasteiger partial charge < -0.3 is 9.47 Å². The topological polar surface area (TPSA) is 72.9 Å². The summed E-state index contributed by atoms with van der Waals surface area (Å²) in [5, 5.41) is 0.524. The maximum absolute atomic E-state index is 13.2. The van der Waals surface area contributed by atoms with E-state index < -0.39 is 22.3 Å². The van der Waals surface area contributed by atoms with Gasteiger partial charge in [0.15, 0.2) is 6.10 Å². The largest absolute Gasteiger partial charge is 0.509 e.